The Hall–Kier alpha value is -3.10. The maximum absolute atomic E-state index is 13.4. The molecule has 5 nitrogen and oxygen atoms in total. The highest BCUT2D eigenvalue weighted by molar-refractivity contribution is 5.99. The van der Waals surface area contributed by atoms with Gasteiger partial charge in [0.2, 0.25) is 11.8 Å². The molecule has 5 heteroatoms. The fourth-order valence-electron chi connectivity index (χ4n) is 5.21. The number of benzene rings is 2. The van der Waals surface area contributed by atoms with Crippen LogP contribution in [0.15, 0.2) is 60.7 Å². The molecule has 178 valence electrons. The lowest BCUT2D eigenvalue weighted by Gasteiger charge is -2.33. The molecule has 2 saturated heterocycles. The van der Waals surface area contributed by atoms with E-state index in [1.54, 1.807) is 4.90 Å². The lowest BCUT2D eigenvalue weighted by molar-refractivity contribution is -0.128. The van der Waals surface area contributed by atoms with Gasteiger partial charge in [-0.3, -0.25) is 9.59 Å². The average Bonchev–Trinajstić information content (AvgIpc) is 3.24. The minimum Gasteiger partial charge on any atom is -0.331 e. The van der Waals surface area contributed by atoms with Gasteiger partial charge < -0.3 is 14.7 Å². The molecule has 0 radical (unpaired) electrons. The molecular formula is C29H35N3O2. The highest BCUT2D eigenvalue weighted by Gasteiger charge is 2.36. The number of terminal acetylenes is 1. The van der Waals surface area contributed by atoms with Crippen molar-refractivity contribution in [2.45, 2.75) is 32.1 Å². The maximum atomic E-state index is 13.4. The maximum Gasteiger partial charge on any atom is 0.232 e. The molecule has 2 fully saturated rings. The van der Waals surface area contributed by atoms with Gasteiger partial charge in [0.25, 0.3) is 0 Å². The largest absolute Gasteiger partial charge is 0.331 e. The van der Waals surface area contributed by atoms with Gasteiger partial charge in [-0.2, -0.15) is 0 Å². The summed E-state index contributed by atoms with van der Waals surface area (Å²) in [5.41, 5.74) is 2.33. The summed E-state index contributed by atoms with van der Waals surface area (Å²) >= 11 is 0. The Bertz CT molecular complexity index is 977. The van der Waals surface area contributed by atoms with E-state index in [-0.39, 0.29) is 30.7 Å². The second kappa shape index (κ2) is 11.9. The molecular weight excluding hydrogens is 422 g/mol. The predicted molar refractivity (Wildman–Crippen MR) is 136 cm³/mol. The summed E-state index contributed by atoms with van der Waals surface area (Å²) in [6.45, 7) is 4.58. The van der Waals surface area contributed by atoms with Crippen molar-refractivity contribution in [3.8, 4) is 12.3 Å². The van der Waals surface area contributed by atoms with Gasteiger partial charge in [0, 0.05) is 25.2 Å². The van der Waals surface area contributed by atoms with E-state index in [4.69, 9.17) is 6.42 Å². The van der Waals surface area contributed by atoms with Crippen molar-refractivity contribution in [2.75, 3.05) is 44.2 Å². The first-order valence-corrected chi connectivity index (χ1v) is 12.5. The van der Waals surface area contributed by atoms with Gasteiger partial charge in [-0.15, -0.1) is 6.42 Å². The van der Waals surface area contributed by atoms with Gasteiger partial charge in [0.1, 0.15) is 0 Å². The normalized spacial score (nSPS) is 19.2. The minimum absolute atomic E-state index is 0.0253. The fraction of sp³-hybridized carbons (Fsp3) is 0.448. The van der Waals surface area contributed by atoms with E-state index < -0.39 is 0 Å². The molecule has 1 unspecified atom stereocenters. The lowest BCUT2D eigenvalue weighted by Crippen LogP contribution is -2.40. The number of rotatable bonds is 9. The van der Waals surface area contributed by atoms with E-state index in [1.165, 1.54) is 24.8 Å². The van der Waals surface area contributed by atoms with Crippen molar-refractivity contribution in [3.63, 3.8) is 0 Å². The van der Waals surface area contributed by atoms with Gasteiger partial charge in [0.15, 0.2) is 0 Å². The van der Waals surface area contributed by atoms with Crippen LogP contribution in [-0.2, 0) is 16.0 Å². The summed E-state index contributed by atoms with van der Waals surface area (Å²) in [6, 6.07) is 20.6. The Morgan fingerprint density at radius 2 is 1.71 bits per heavy atom. The standard InChI is InChI=1S/C29H35N3O2/c1-2-16-31-23-26(22-28(31)33)29(34)32(27-12-7-4-8-13-27)18-9-17-30-19-14-25(15-20-30)21-24-10-5-3-6-11-24/h1,3-8,10-13,25-26H,9,14-23H2. The summed E-state index contributed by atoms with van der Waals surface area (Å²) in [7, 11) is 0. The van der Waals surface area contributed by atoms with Crippen molar-refractivity contribution in [1.29, 1.82) is 0 Å². The summed E-state index contributed by atoms with van der Waals surface area (Å²) in [5.74, 6) is 2.96. The van der Waals surface area contributed by atoms with Crippen molar-refractivity contribution in [2.24, 2.45) is 11.8 Å². The zero-order valence-corrected chi connectivity index (χ0v) is 19.9. The fourth-order valence-corrected chi connectivity index (χ4v) is 5.21. The number of amides is 2. The molecule has 0 N–H and O–H groups in total. The molecule has 1 atom stereocenters. The zero-order chi connectivity index (χ0) is 23.8. The van der Waals surface area contributed by atoms with Crippen LogP contribution in [0.2, 0.25) is 0 Å². The average molecular weight is 458 g/mol. The van der Waals surface area contributed by atoms with E-state index in [1.807, 2.05) is 35.2 Å². The summed E-state index contributed by atoms with van der Waals surface area (Å²) in [6.07, 6.45) is 10.2. The Labute approximate surface area is 203 Å². The Morgan fingerprint density at radius 1 is 1.03 bits per heavy atom. The van der Waals surface area contributed by atoms with Crippen molar-refractivity contribution >= 4 is 17.5 Å². The number of anilines is 1. The number of carbonyl (C=O) groups is 2. The Morgan fingerprint density at radius 3 is 2.38 bits per heavy atom. The smallest absolute Gasteiger partial charge is 0.232 e. The van der Waals surface area contributed by atoms with Crippen LogP contribution in [0.1, 0.15) is 31.2 Å². The predicted octanol–water partition coefficient (Wildman–Crippen LogP) is 3.85. The molecule has 0 saturated carbocycles. The Balaban J connectivity index is 1.29. The van der Waals surface area contributed by atoms with Gasteiger partial charge in [-0.1, -0.05) is 54.5 Å². The first-order chi connectivity index (χ1) is 16.6. The van der Waals surface area contributed by atoms with Crippen molar-refractivity contribution in [1.82, 2.24) is 9.80 Å². The number of likely N-dealkylation sites (tertiary alicyclic amines) is 2. The molecule has 2 aromatic rings. The van der Waals surface area contributed by atoms with Gasteiger partial charge in [-0.05, 0) is 68.9 Å². The lowest BCUT2D eigenvalue weighted by atomic mass is 9.90. The second-order valence-electron chi connectivity index (χ2n) is 9.53. The van der Waals surface area contributed by atoms with Crippen LogP contribution in [0.25, 0.3) is 0 Å². The third kappa shape index (κ3) is 6.27. The molecule has 2 amide bonds. The van der Waals surface area contributed by atoms with Crippen molar-refractivity contribution in [3.05, 3.63) is 66.2 Å². The number of piperidine rings is 1. The highest BCUT2D eigenvalue weighted by atomic mass is 16.2. The molecule has 0 spiro atoms. The quantitative estimate of drug-likeness (QED) is 0.538. The van der Waals surface area contributed by atoms with Crippen LogP contribution in [0.4, 0.5) is 5.69 Å². The Kier molecular flexibility index (Phi) is 8.38. The summed E-state index contributed by atoms with van der Waals surface area (Å²) in [5, 5.41) is 0. The molecule has 2 aromatic carbocycles. The summed E-state index contributed by atoms with van der Waals surface area (Å²) < 4.78 is 0. The number of para-hydroxylation sites is 1. The highest BCUT2D eigenvalue weighted by Crippen LogP contribution is 2.25. The van der Waals surface area contributed by atoms with E-state index in [0.29, 0.717) is 13.1 Å². The van der Waals surface area contributed by atoms with E-state index in [9.17, 15) is 9.59 Å². The first kappa shape index (κ1) is 24.0. The molecule has 0 aliphatic carbocycles. The van der Waals surface area contributed by atoms with Crippen LogP contribution < -0.4 is 4.90 Å². The molecule has 2 heterocycles. The monoisotopic (exact) mass is 457 g/mol. The SMILES string of the molecule is C#CCN1CC(C(=O)N(CCCN2CCC(Cc3ccccc3)CC2)c2ccccc2)CC1=O. The molecule has 2 aliphatic rings. The van der Waals surface area contributed by atoms with Gasteiger partial charge >= 0.3 is 0 Å². The van der Waals surface area contributed by atoms with E-state index in [2.05, 4.69) is 41.2 Å². The zero-order valence-electron chi connectivity index (χ0n) is 19.9. The number of hydrogen-bond acceptors (Lipinski definition) is 3. The third-order valence-corrected chi connectivity index (χ3v) is 7.11. The van der Waals surface area contributed by atoms with Gasteiger partial charge in [-0.25, -0.2) is 0 Å². The topological polar surface area (TPSA) is 43.9 Å². The number of hydrogen-bond donors (Lipinski definition) is 0. The van der Waals surface area contributed by atoms with Crippen LogP contribution >= 0.6 is 0 Å². The van der Waals surface area contributed by atoms with Gasteiger partial charge in [0.05, 0.1) is 12.5 Å². The minimum atomic E-state index is -0.324. The summed E-state index contributed by atoms with van der Waals surface area (Å²) in [4.78, 5) is 31.7. The third-order valence-electron chi connectivity index (χ3n) is 7.11. The molecule has 0 aromatic heterocycles. The van der Waals surface area contributed by atoms with Crippen LogP contribution in [0.3, 0.4) is 0 Å². The van der Waals surface area contributed by atoms with Crippen molar-refractivity contribution < 1.29 is 9.59 Å². The molecule has 0 bridgehead atoms. The van der Waals surface area contributed by atoms with E-state index >= 15 is 0 Å². The first-order valence-electron chi connectivity index (χ1n) is 12.5. The van der Waals surface area contributed by atoms with E-state index in [0.717, 1.165) is 37.7 Å². The molecule has 34 heavy (non-hydrogen) atoms. The molecule has 4 rings (SSSR count). The number of nitrogens with zero attached hydrogens (tertiary/aromatic N) is 3. The van der Waals surface area contributed by atoms with Crippen LogP contribution in [0.5, 0.6) is 0 Å². The van der Waals surface area contributed by atoms with Crippen LogP contribution in [0, 0.1) is 24.2 Å². The number of carbonyl (C=O) groups excluding carboxylic acids is 2. The molecule has 2 aliphatic heterocycles. The van der Waals surface area contributed by atoms with Crippen LogP contribution in [-0.4, -0.2) is 60.9 Å². The second-order valence-corrected chi connectivity index (χ2v) is 9.53.